The minimum absolute atomic E-state index is 0.127. The zero-order valence-corrected chi connectivity index (χ0v) is 12.8. The van der Waals surface area contributed by atoms with Crippen LogP contribution in [-0.2, 0) is 0 Å². The van der Waals surface area contributed by atoms with E-state index in [-0.39, 0.29) is 22.6 Å². The average Bonchev–Trinajstić information content (AvgIpc) is 2.40. The number of halogens is 2. The van der Waals surface area contributed by atoms with Crippen molar-refractivity contribution in [2.24, 2.45) is 0 Å². The van der Waals surface area contributed by atoms with Gasteiger partial charge in [0, 0.05) is 27.3 Å². The average molecular weight is 371 g/mol. The number of anilines is 2. The Morgan fingerprint density at radius 1 is 1.29 bits per heavy atom. The van der Waals surface area contributed by atoms with Crippen LogP contribution >= 0.6 is 27.5 Å². The molecule has 0 fully saturated rings. The van der Waals surface area contributed by atoms with Crippen LogP contribution in [0.2, 0.25) is 5.02 Å². The maximum absolute atomic E-state index is 12.2. The minimum Gasteiger partial charge on any atom is -0.398 e. The topological polar surface area (TPSA) is 98.3 Å². The van der Waals surface area contributed by atoms with E-state index in [0.717, 1.165) is 0 Å². The van der Waals surface area contributed by atoms with Crippen molar-refractivity contribution in [2.75, 3.05) is 11.1 Å². The number of carbonyl (C=O) groups is 1. The second-order valence-corrected chi connectivity index (χ2v) is 5.40. The molecule has 1 amide bonds. The fraction of sp³-hybridized carbons (Fsp3) is 0. The molecule has 0 radical (unpaired) electrons. The number of hydrogen-bond acceptors (Lipinski definition) is 4. The molecule has 0 aliphatic carbocycles. The van der Waals surface area contributed by atoms with Crippen molar-refractivity contribution in [2.45, 2.75) is 0 Å². The highest BCUT2D eigenvalue weighted by Gasteiger charge is 2.14. The summed E-state index contributed by atoms with van der Waals surface area (Å²) >= 11 is 8.99. The Hall–Kier alpha value is -2.12. The molecule has 21 heavy (non-hydrogen) atoms. The smallest absolute Gasteiger partial charge is 0.271 e. The molecule has 0 spiro atoms. The van der Waals surface area contributed by atoms with Crippen LogP contribution in [0.1, 0.15) is 10.4 Å². The SMILES string of the molecule is Nc1cc(Cl)ccc1C(=O)Nc1cc([N+](=O)[O-])ccc1Br. The van der Waals surface area contributed by atoms with Crippen LogP contribution < -0.4 is 11.1 Å². The molecule has 108 valence electrons. The Labute approximate surface area is 133 Å². The first-order valence-electron chi connectivity index (χ1n) is 5.69. The molecular formula is C13H9BrClN3O3. The lowest BCUT2D eigenvalue weighted by atomic mass is 10.1. The highest BCUT2D eigenvalue weighted by molar-refractivity contribution is 9.10. The van der Waals surface area contributed by atoms with Gasteiger partial charge in [0.15, 0.2) is 0 Å². The van der Waals surface area contributed by atoms with Crippen molar-refractivity contribution in [3.63, 3.8) is 0 Å². The van der Waals surface area contributed by atoms with E-state index in [9.17, 15) is 14.9 Å². The molecule has 2 aromatic rings. The summed E-state index contributed by atoms with van der Waals surface area (Å²) in [5, 5.41) is 13.7. The Morgan fingerprint density at radius 2 is 2.00 bits per heavy atom. The van der Waals surface area contributed by atoms with Crippen molar-refractivity contribution in [3.8, 4) is 0 Å². The summed E-state index contributed by atoms with van der Waals surface area (Å²) in [6.07, 6.45) is 0. The Kier molecular flexibility index (Phi) is 4.44. The minimum atomic E-state index is -0.543. The highest BCUT2D eigenvalue weighted by atomic mass is 79.9. The lowest BCUT2D eigenvalue weighted by Crippen LogP contribution is -2.14. The number of amides is 1. The molecule has 6 nitrogen and oxygen atoms in total. The number of nitrogens with zero attached hydrogens (tertiary/aromatic N) is 1. The lowest BCUT2D eigenvalue weighted by molar-refractivity contribution is -0.384. The molecular weight excluding hydrogens is 362 g/mol. The first-order chi connectivity index (χ1) is 9.88. The first-order valence-corrected chi connectivity index (χ1v) is 6.86. The van der Waals surface area contributed by atoms with Crippen molar-refractivity contribution in [3.05, 3.63) is 61.6 Å². The van der Waals surface area contributed by atoms with Crippen molar-refractivity contribution in [1.82, 2.24) is 0 Å². The Balaban J connectivity index is 2.31. The number of non-ortho nitro benzene ring substituents is 1. The van der Waals surface area contributed by atoms with Crippen LogP contribution in [0.5, 0.6) is 0 Å². The van der Waals surface area contributed by atoms with Crippen LogP contribution in [0.25, 0.3) is 0 Å². The van der Waals surface area contributed by atoms with E-state index in [1.807, 2.05) is 0 Å². The molecule has 0 unspecified atom stereocenters. The fourth-order valence-electron chi connectivity index (χ4n) is 1.65. The van der Waals surface area contributed by atoms with E-state index in [1.165, 1.54) is 36.4 Å². The van der Waals surface area contributed by atoms with Gasteiger partial charge in [-0.25, -0.2) is 0 Å². The van der Waals surface area contributed by atoms with Crippen LogP contribution in [0.15, 0.2) is 40.9 Å². The van der Waals surface area contributed by atoms with Crippen molar-refractivity contribution in [1.29, 1.82) is 0 Å². The fourth-order valence-corrected chi connectivity index (χ4v) is 2.18. The molecule has 0 heterocycles. The zero-order valence-electron chi connectivity index (χ0n) is 10.5. The third kappa shape index (κ3) is 3.50. The highest BCUT2D eigenvalue weighted by Crippen LogP contribution is 2.28. The summed E-state index contributed by atoms with van der Waals surface area (Å²) in [7, 11) is 0. The van der Waals surface area contributed by atoms with Gasteiger partial charge in [-0.3, -0.25) is 14.9 Å². The molecule has 0 bridgehead atoms. The Bertz CT molecular complexity index is 737. The van der Waals surface area contributed by atoms with E-state index in [2.05, 4.69) is 21.2 Å². The molecule has 0 aromatic heterocycles. The molecule has 8 heteroatoms. The van der Waals surface area contributed by atoms with Crippen molar-refractivity contribution < 1.29 is 9.72 Å². The number of nitrogens with one attached hydrogen (secondary N) is 1. The normalized spacial score (nSPS) is 10.2. The second-order valence-electron chi connectivity index (χ2n) is 4.11. The molecule has 0 atom stereocenters. The van der Waals surface area contributed by atoms with E-state index in [4.69, 9.17) is 17.3 Å². The third-order valence-electron chi connectivity index (χ3n) is 2.67. The van der Waals surface area contributed by atoms with Gasteiger partial charge in [-0.1, -0.05) is 11.6 Å². The number of nitrogen functional groups attached to an aromatic ring is 1. The maximum Gasteiger partial charge on any atom is 0.271 e. The summed E-state index contributed by atoms with van der Waals surface area (Å²) in [6, 6.07) is 8.55. The summed E-state index contributed by atoms with van der Waals surface area (Å²) in [5.74, 6) is -0.481. The first kappa shape index (κ1) is 15.3. The van der Waals surface area contributed by atoms with Crippen molar-refractivity contribution >= 4 is 50.5 Å². The predicted octanol–water partition coefficient (Wildman–Crippen LogP) is 3.85. The van der Waals surface area contributed by atoms with Crippen LogP contribution in [-0.4, -0.2) is 10.8 Å². The third-order valence-corrected chi connectivity index (χ3v) is 3.59. The Morgan fingerprint density at radius 3 is 2.62 bits per heavy atom. The molecule has 3 N–H and O–H groups in total. The monoisotopic (exact) mass is 369 g/mol. The van der Waals surface area contributed by atoms with Gasteiger partial charge in [0.1, 0.15) is 0 Å². The van der Waals surface area contributed by atoms with Crippen LogP contribution in [0.3, 0.4) is 0 Å². The van der Waals surface area contributed by atoms with Gasteiger partial charge < -0.3 is 11.1 Å². The van der Waals surface area contributed by atoms with Gasteiger partial charge in [0.25, 0.3) is 11.6 Å². The quantitative estimate of drug-likeness (QED) is 0.487. The molecule has 0 aliphatic heterocycles. The largest absolute Gasteiger partial charge is 0.398 e. The standard InChI is InChI=1S/C13H9BrClN3O3/c14-10-4-2-8(18(20)21)6-12(10)17-13(19)9-3-1-7(15)5-11(9)16/h1-6H,16H2,(H,17,19). The van der Waals surface area contributed by atoms with Gasteiger partial charge >= 0.3 is 0 Å². The van der Waals surface area contributed by atoms with Gasteiger partial charge in [0.05, 0.1) is 16.2 Å². The maximum atomic E-state index is 12.2. The van der Waals surface area contributed by atoms with Crippen LogP contribution in [0.4, 0.5) is 17.1 Å². The number of hydrogen-bond donors (Lipinski definition) is 2. The molecule has 0 saturated carbocycles. The number of rotatable bonds is 3. The van der Waals surface area contributed by atoms with Gasteiger partial charge in [-0.2, -0.15) is 0 Å². The number of carbonyl (C=O) groups excluding carboxylic acids is 1. The zero-order chi connectivity index (χ0) is 15.6. The van der Waals surface area contributed by atoms with Gasteiger partial charge in [-0.05, 0) is 40.2 Å². The molecule has 0 aliphatic rings. The summed E-state index contributed by atoms with van der Waals surface area (Å²) in [4.78, 5) is 22.4. The number of nitro benzene ring substituents is 1. The molecule has 2 aromatic carbocycles. The van der Waals surface area contributed by atoms with Gasteiger partial charge in [0.2, 0.25) is 0 Å². The van der Waals surface area contributed by atoms with Gasteiger partial charge in [-0.15, -0.1) is 0 Å². The second kappa shape index (κ2) is 6.11. The summed E-state index contributed by atoms with van der Waals surface area (Å²) in [6.45, 7) is 0. The summed E-state index contributed by atoms with van der Waals surface area (Å²) in [5.41, 5.74) is 6.34. The van der Waals surface area contributed by atoms with Crippen LogP contribution in [0, 0.1) is 10.1 Å². The predicted molar refractivity (Wildman–Crippen MR) is 84.6 cm³/mol. The summed E-state index contributed by atoms with van der Waals surface area (Å²) < 4.78 is 0.522. The van der Waals surface area contributed by atoms with E-state index >= 15 is 0 Å². The molecule has 2 rings (SSSR count). The number of nitrogens with two attached hydrogens (primary N) is 1. The number of nitro groups is 1. The van der Waals surface area contributed by atoms with E-state index in [0.29, 0.717) is 9.50 Å². The number of benzene rings is 2. The lowest BCUT2D eigenvalue weighted by Gasteiger charge is -2.09. The van der Waals surface area contributed by atoms with E-state index < -0.39 is 10.8 Å². The molecule has 0 saturated heterocycles. The van der Waals surface area contributed by atoms with E-state index in [1.54, 1.807) is 0 Å².